The second-order valence-electron chi connectivity index (χ2n) is 10.1. The van der Waals surface area contributed by atoms with Gasteiger partial charge in [0.05, 0.1) is 0 Å². The molecule has 2 aromatic heterocycles. The van der Waals surface area contributed by atoms with Crippen LogP contribution in [0.1, 0.15) is 0 Å². The summed E-state index contributed by atoms with van der Waals surface area (Å²) in [6, 6.07) is 47.6. The molecule has 0 aliphatic heterocycles. The van der Waals surface area contributed by atoms with Crippen molar-refractivity contribution in [3.63, 3.8) is 0 Å². The Morgan fingerprint density at radius 1 is 0.366 bits per heavy atom. The van der Waals surface area contributed by atoms with Crippen LogP contribution in [-0.2, 0) is 0 Å². The van der Waals surface area contributed by atoms with E-state index in [2.05, 4.69) is 66.7 Å². The van der Waals surface area contributed by atoms with Gasteiger partial charge in [-0.05, 0) is 40.1 Å². The third-order valence-corrected chi connectivity index (χ3v) is 7.54. The molecule has 192 valence electrons. The summed E-state index contributed by atoms with van der Waals surface area (Å²) in [7, 11) is 0. The van der Waals surface area contributed by atoms with Gasteiger partial charge in [-0.2, -0.15) is 0 Å². The molecule has 41 heavy (non-hydrogen) atoms. The van der Waals surface area contributed by atoms with Crippen molar-refractivity contribution in [2.24, 2.45) is 0 Å². The van der Waals surface area contributed by atoms with Crippen LogP contribution >= 0.6 is 0 Å². The van der Waals surface area contributed by atoms with E-state index in [1.165, 1.54) is 10.8 Å². The Hall–Kier alpha value is -5.61. The fourth-order valence-electron chi connectivity index (χ4n) is 5.47. The first-order valence-corrected chi connectivity index (χ1v) is 13.6. The highest BCUT2D eigenvalue weighted by Gasteiger charge is 2.14. The molecule has 0 spiro atoms. The number of benzene rings is 6. The summed E-state index contributed by atoms with van der Waals surface area (Å²) in [5, 5.41) is 4.67. The number of furan rings is 1. The molecule has 6 aromatic carbocycles. The second-order valence-corrected chi connectivity index (χ2v) is 10.1. The lowest BCUT2D eigenvalue weighted by Crippen LogP contribution is -2.00. The fraction of sp³-hybridized carbons (Fsp3) is 0. The minimum atomic E-state index is 0.648. The van der Waals surface area contributed by atoms with Crippen molar-refractivity contribution in [2.45, 2.75) is 0 Å². The van der Waals surface area contributed by atoms with E-state index < -0.39 is 0 Å². The van der Waals surface area contributed by atoms with Crippen molar-refractivity contribution in [1.82, 2.24) is 15.0 Å². The third kappa shape index (κ3) is 4.14. The minimum absolute atomic E-state index is 0.648. The molecular weight excluding hydrogens is 502 g/mol. The van der Waals surface area contributed by atoms with Gasteiger partial charge in [-0.1, -0.05) is 121 Å². The van der Waals surface area contributed by atoms with Crippen molar-refractivity contribution in [1.29, 1.82) is 0 Å². The van der Waals surface area contributed by atoms with Crippen LogP contribution in [0.4, 0.5) is 0 Å². The van der Waals surface area contributed by atoms with Gasteiger partial charge in [-0.25, -0.2) is 15.0 Å². The first-order valence-electron chi connectivity index (χ1n) is 13.6. The normalized spacial score (nSPS) is 11.4. The zero-order valence-electron chi connectivity index (χ0n) is 22.0. The van der Waals surface area contributed by atoms with Gasteiger partial charge in [0.25, 0.3) is 0 Å². The number of aromatic nitrogens is 3. The lowest BCUT2D eigenvalue weighted by molar-refractivity contribution is 0.669. The van der Waals surface area contributed by atoms with Crippen molar-refractivity contribution >= 4 is 32.7 Å². The third-order valence-electron chi connectivity index (χ3n) is 7.54. The summed E-state index contributed by atoms with van der Waals surface area (Å²) in [6.07, 6.45) is 0. The maximum Gasteiger partial charge on any atom is 0.164 e. The summed E-state index contributed by atoms with van der Waals surface area (Å²) in [6.45, 7) is 0. The summed E-state index contributed by atoms with van der Waals surface area (Å²) in [5.41, 5.74) is 6.94. The van der Waals surface area contributed by atoms with Gasteiger partial charge in [0.1, 0.15) is 11.2 Å². The summed E-state index contributed by atoms with van der Waals surface area (Å²) >= 11 is 0. The Balaban J connectivity index is 1.22. The van der Waals surface area contributed by atoms with E-state index in [4.69, 9.17) is 19.4 Å². The lowest BCUT2D eigenvalue weighted by Gasteiger charge is -2.09. The van der Waals surface area contributed by atoms with Crippen molar-refractivity contribution in [3.8, 4) is 45.3 Å². The molecule has 4 heteroatoms. The maximum atomic E-state index is 6.13. The fourth-order valence-corrected chi connectivity index (χ4v) is 5.47. The Kier molecular flexibility index (Phi) is 5.42. The molecule has 0 radical (unpaired) electrons. The number of hydrogen-bond acceptors (Lipinski definition) is 4. The van der Waals surface area contributed by atoms with Crippen LogP contribution in [0.3, 0.4) is 0 Å². The SMILES string of the molecule is c1ccc(-c2nc(-c3ccccc3)nc(-c3ccc(-c4ccc5ccc6oc7ccccc7c6c5c4)cc3)n2)cc1. The van der Waals surface area contributed by atoms with E-state index >= 15 is 0 Å². The second kappa shape index (κ2) is 9.54. The van der Waals surface area contributed by atoms with Crippen LogP contribution in [0.2, 0.25) is 0 Å². The van der Waals surface area contributed by atoms with Crippen molar-refractivity contribution in [2.75, 3.05) is 0 Å². The van der Waals surface area contributed by atoms with E-state index in [1.54, 1.807) is 0 Å². The number of hydrogen-bond donors (Lipinski definition) is 0. The summed E-state index contributed by atoms with van der Waals surface area (Å²) in [5.74, 6) is 1.96. The summed E-state index contributed by atoms with van der Waals surface area (Å²) in [4.78, 5) is 14.5. The highest BCUT2D eigenvalue weighted by molar-refractivity contribution is 6.19. The highest BCUT2D eigenvalue weighted by Crippen LogP contribution is 2.36. The number of rotatable bonds is 4. The zero-order valence-corrected chi connectivity index (χ0v) is 22.0. The van der Waals surface area contributed by atoms with E-state index in [1.807, 2.05) is 72.8 Å². The Morgan fingerprint density at radius 2 is 0.878 bits per heavy atom. The molecule has 0 unspecified atom stereocenters. The van der Waals surface area contributed by atoms with Gasteiger partial charge >= 0.3 is 0 Å². The molecule has 0 aliphatic rings. The van der Waals surface area contributed by atoms with Crippen LogP contribution < -0.4 is 0 Å². The standard InChI is InChI=1S/C37H23N3O/c1-3-9-26(10-4-1)35-38-36(27-11-5-2-6-12-27)40-37(39-35)28-18-15-24(16-19-28)29-20-17-25-21-22-33-34(31(25)23-29)30-13-7-8-14-32(30)41-33/h1-23H. The molecule has 0 atom stereocenters. The molecule has 0 saturated heterocycles. The first kappa shape index (κ1) is 23.3. The van der Waals surface area contributed by atoms with E-state index in [-0.39, 0.29) is 0 Å². The van der Waals surface area contributed by atoms with E-state index in [0.29, 0.717) is 17.5 Å². The van der Waals surface area contributed by atoms with Crippen molar-refractivity contribution in [3.05, 3.63) is 140 Å². The number of para-hydroxylation sites is 1. The smallest absolute Gasteiger partial charge is 0.164 e. The average molecular weight is 526 g/mol. The Labute approximate surface area is 236 Å². The molecule has 0 N–H and O–H groups in total. The molecule has 0 aliphatic carbocycles. The Bertz CT molecular complexity index is 2130. The molecule has 4 nitrogen and oxygen atoms in total. The molecule has 8 rings (SSSR count). The first-order chi connectivity index (χ1) is 20.3. The van der Waals surface area contributed by atoms with Gasteiger partial charge in [0.2, 0.25) is 0 Å². The Morgan fingerprint density at radius 3 is 1.54 bits per heavy atom. The monoisotopic (exact) mass is 525 g/mol. The maximum absolute atomic E-state index is 6.13. The number of nitrogens with zero attached hydrogens (tertiary/aromatic N) is 3. The quantitative estimate of drug-likeness (QED) is 0.230. The van der Waals surface area contributed by atoms with Gasteiger partial charge in [-0.3, -0.25) is 0 Å². The predicted molar refractivity (Wildman–Crippen MR) is 166 cm³/mol. The average Bonchev–Trinajstić information content (AvgIpc) is 3.45. The largest absolute Gasteiger partial charge is 0.456 e. The van der Waals surface area contributed by atoms with Crippen LogP contribution in [0.25, 0.3) is 78.0 Å². The topological polar surface area (TPSA) is 51.8 Å². The molecule has 0 bridgehead atoms. The molecule has 8 aromatic rings. The lowest BCUT2D eigenvalue weighted by atomic mass is 9.97. The summed E-state index contributed by atoms with van der Waals surface area (Å²) < 4.78 is 6.13. The highest BCUT2D eigenvalue weighted by atomic mass is 16.3. The molecule has 0 saturated carbocycles. The predicted octanol–water partition coefficient (Wildman–Crippen LogP) is 9.59. The van der Waals surface area contributed by atoms with Gasteiger partial charge in [0, 0.05) is 27.5 Å². The van der Waals surface area contributed by atoms with Crippen LogP contribution in [0.5, 0.6) is 0 Å². The van der Waals surface area contributed by atoms with Crippen molar-refractivity contribution < 1.29 is 4.42 Å². The van der Waals surface area contributed by atoms with Crippen LogP contribution in [-0.4, -0.2) is 15.0 Å². The van der Waals surface area contributed by atoms with Crippen LogP contribution in [0.15, 0.2) is 144 Å². The van der Waals surface area contributed by atoms with Gasteiger partial charge in [0.15, 0.2) is 17.5 Å². The minimum Gasteiger partial charge on any atom is -0.456 e. The van der Waals surface area contributed by atoms with Gasteiger partial charge < -0.3 is 4.42 Å². The van der Waals surface area contributed by atoms with Crippen LogP contribution in [0, 0.1) is 0 Å². The molecule has 0 fully saturated rings. The zero-order chi connectivity index (χ0) is 27.2. The van der Waals surface area contributed by atoms with E-state index in [0.717, 1.165) is 49.8 Å². The molecule has 0 amide bonds. The number of fused-ring (bicyclic) bond motifs is 5. The van der Waals surface area contributed by atoms with Gasteiger partial charge in [-0.15, -0.1) is 0 Å². The molecular formula is C37H23N3O. The molecule has 2 heterocycles. The van der Waals surface area contributed by atoms with E-state index in [9.17, 15) is 0 Å².